The largest absolute Gasteiger partial charge is 0.490 e. The maximum absolute atomic E-state index is 12.0. The molecule has 0 bridgehead atoms. The molecule has 5 heteroatoms. The smallest absolute Gasteiger partial charge is 0.262 e. The van der Waals surface area contributed by atoms with E-state index in [2.05, 4.69) is 11.9 Å². The second-order valence-electron chi connectivity index (χ2n) is 5.58. The van der Waals surface area contributed by atoms with Gasteiger partial charge in [0.2, 0.25) is 0 Å². The fourth-order valence-electron chi connectivity index (χ4n) is 2.31. The quantitative estimate of drug-likeness (QED) is 0.417. The van der Waals surface area contributed by atoms with Gasteiger partial charge in [-0.15, -0.1) is 6.58 Å². The Morgan fingerprint density at radius 2 is 1.96 bits per heavy atom. The third kappa shape index (κ3) is 6.05. The molecule has 0 unspecified atom stereocenters. The first-order chi connectivity index (χ1) is 13.2. The molecule has 0 aliphatic rings. The molecule has 138 valence electrons. The highest BCUT2D eigenvalue weighted by molar-refractivity contribution is 6.01. The van der Waals surface area contributed by atoms with Crippen molar-refractivity contribution in [2.75, 3.05) is 13.2 Å². The standard InChI is InChI=1S/C22H22N2O3/c1-3-12-24-22(25)19(15-23)13-18-10-11-20(21(14-18)26-4-2)27-16-17-8-6-5-7-9-17/h3,5-11,13-14H,1,4,12,16H2,2H3,(H,24,25)/b19-13+. The molecule has 2 aromatic rings. The highest BCUT2D eigenvalue weighted by Gasteiger charge is 2.10. The Balaban J connectivity index is 2.20. The van der Waals surface area contributed by atoms with Crippen molar-refractivity contribution in [1.82, 2.24) is 5.32 Å². The van der Waals surface area contributed by atoms with Crippen molar-refractivity contribution < 1.29 is 14.3 Å². The number of carbonyl (C=O) groups is 1. The summed E-state index contributed by atoms with van der Waals surface area (Å²) in [6.45, 7) is 6.61. The van der Waals surface area contributed by atoms with Gasteiger partial charge in [-0.1, -0.05) is 42.5 Å². The lowest BCUT2D eigenvalue weighted by Crippen LogP contribution is -2.24. The van der Waals surface area contributed by atoms with Gasteiger partial charge in [-0.3, -0.25) is 4.79 Å². The predicted molar refractivity (Wildman–Crippen MR) is 105 cm³/mol. The second-order valence-corrected chi connectivity index (χ2v) is 5.58. The zero-order valence-corrected chi connectivity index (χ0v) is 15.3. The number of nitrogens with one attached hydrogen (secondary N) is 1. The van der Waals surface area contributed by atoms with E-state index in [1.165, 1.54) is 6.08 Å². The van der Waals surface area contributed by atoms with E-state index >= 15 is 0 Å². The minimum atomic E-state index is -0.445. The summed E-state index contributed by atoms with van der Waals surface area (Å²) < 4.78 is 11.5. The Bertz CT molecular complexity index is 852. The minimum Gasteiger partial charge on any atom is -0.490 e. The van der Waals surface area contributed by atoms with Crippen molar-refractivity contribution in [1.29, 1.82) is 5.26 Å². The first-order valence-electron chi connectivity index (χ1n) is 8.62. The number of amides is 1. The van der Waals surface area contributed by atoms with Gasteiger partial charge < -0.3 is 14.8 Å². The van der Waals surface area contributed by atoms with Gasteiger partial charge in [-0.05, 0) is 36.3 Å². The lowest BCUT2D eigenvalue weighted by atomic mass is 10.1. The third-order valence-corrected chi connectivity index (χ3v) is 3.59. The van der Waals surface area contributed by atoms with Crippen LogP contribution in [0.5, 0.6) is 11.5 Å². The van der Waals surface area contributed by atoms with Crippen LogP contribution in [0, 0.1) is 11.3 Å². The molecule has 2 rings (SSSR count). The lowest BCUT2D eigenvalue weighted by molar-refractivity contribution is -0.116. The van der Waals surface area contributed by atoms with Crippen LogP contribution in [0.2, 0.25) is 0 Å². The maximum Gasteiger partial charge on any atom is 0.262 e. The molecule has 27 heavy (non-hydrogen) atoms. The van der Waals surface area contributed by atoms with Gasteiger partial charge in [-0.25, -0.2) is 0 Å². The van der Waals surface area contributed by atoms with E-state index in [1.807, 2.05) is 43.3 Å². The van der Waals surface area contributed by atoms with Crippen molar-refractivity contribution in [2.45, 2.75) is 13.5 Å². The van der Waals surface area contributed by atoms with E-state index in [1.54, 1.807) is 24.3 Å². The molecule has 0 saturated carbocycles. The molecular weight excluding hydrogens is 340 g/mol. The summed E-state index contributed by atoms with van der Waals surface area (Å²) in [6.07, 6.45) is 3.07. The number of carbonyl (C=O) groups excluding carboxylic acids is 1. The van der Waals surface area contributed by atoms with Crippen molar-refractivity contribution in [3.05, 3.63) is 77.9 Å². The molecule has 5 nitrogen and oxygen atoms in total. The highest BCUT2D eigenvalue weighted by Crippen LogP contribution is 2.30. The summed E-state index contributed by atoms with van der Waals surface area (Å²) in [4.78, 5) is 12.0. The van der Waals surface area contributed by atoms with Crippen LogP contribution >= 0.6 is 0 Å². The van der Waals surface area contributed by atoms with E-state index in [-0.39, 0.29) is 5.57 Å². The lowest BCUT2D eigenvalue weighted by Gasteiger charge is -2.13. The van der Waals surface area contributed by atoms with E-state index in [9.17, 15) is 10.1 Å². The summed E-state index contributed by atoms with van der Waals surface area (Å²) in [5.41, 5.74) is 1.74. The fraction of sp³-hybridized carbons (Fsp3) is 0.182. The average molecular weight is 362 g/mol. The van der Waals surface area contributed by atoms with Crippen molar-refractivity contribution in [3.63, 3.8) is 0 Å². The number of hydrogen-bond donors (Lipinski definition) is 1. The average Bonchev–Trinajstić information content (AvgIpc) is 2.70. The normalized spacial score (nSPS) is 10.6. The van der Waals surface area contributed by atoms with Gasteiger partial charge in [0, 0.05) is 6.54 Å². The van der Waals surface area contributed by atoms with E-state index in [0.29, 0.717) is 36.8 Å². The number of nitrogens with zero attached hydrogens (tertiary/aromatic N) is 1. The summed E-state index contributed by atoms with van der Waals surface area (Å²) in [6, 6.07) is 17.1. The van der Waals surface area contributed by atoms with E-state index in [0.717, 1.165) is 5.56 Å². The summed E-state index contributed by atoms with van der Waals surface area (Å²) >= 11 is 0. The van der Waals surface area contributed by atoms with Crippen LogP contribution < -0.4 is 14.8 Å². The molecule has 0 heterocycles. The monoisotopic (exact) mass is 362 g/mol. The van der Waals surface area contributed by atoms with Gasteiger partial charge in [-0.2, -0.15) is 5.26 Å². The molecule has 1 amide bonds. The van der Waals surface area contributed by atoms with Gasteiger partial charge in [0.1, 0.15) is 18.2 Å². The van der Waals surface area contributed by atoms with Crippen LogP contribution in [-0.4, -0.2) is 19.1 Å². The molecule has 0 spiro atoms. The molecular formula is C22H22N2O3. The molecule has 0 fully saturated rings. The fourth-order valence-corrected chi connectivity index (χ4v) is 2.31. The molecule has 0 radical (unpaired) electrons. The predicted octanol–water partition coefficient (Wildman–Crippen LogP) is 3.87. The van der Waals surface area contributed by atoms with Crippen molar-refractivity contribution >= 4 is 12.0 Å². The Kier molecular flexibility index (Phi) is 7.68. The zero-order valence-electron chi connectivity index (χ0n) is 15.3. The van der Waals surface area contributed by atoms with Crippen LogP contribution in [0.3, 0.4) is 0 Å². The summed E-state index contributed by atoms with van der Waals surface area (Å²) in [7, 11) is 0. The van der Waals surface area contributed by atoms with Crippen LogP contribution in [-0.2, 0) is 11.4 Å². The SMILES string of the molecule is C=CCNC(=O)/C(C#N)=C/c1ccc(OCc2ccccc2)c(OCC)c1. The van der Waals surface area contributed by atoms with Crippen LogP contribution in [0.1, 0.15) is 18.1 Å². The molecule has 0 saturated heterocycles. The maximum atomic E-state index is 12.0. The molecule has 0 aliphatic heterocycles. The second kappa shape index (κ2) is 10.5. The molecule has 1 N–H and O–H groups in total. The Hall–Kier alpha value is -3.52. The highest BCUT2D eigenvalue weighted by atomic mass is 16.5. The summed E-state index contributed by atoms with van der Waals surface area (Å²) in [5, 5.41) is 11.8. The topological polar surface area (TPSA) is 71.4 Å². The van der Waals surface area contributed by atoms with Crippen LogP contribution in [0.4, 0.5) is 0 Å². The van der Waals surface area contributed by atoms with Crippen LogP contribution in [0.25, 0.3) is 6.08 Å². The van der Waals surface area contributed by atoms with Crippen LogP contribution in [0.15, 0.2) is 66.8 Å². The molecule has 0 aliphatic carbocycles. The Morgan fingerprint density at radius 3 is 2.63 bits per heavy atom. The zero-order chi connectivity index (χ0) is 19.5. The molecule has 0 atom stereocenters. The van der Waals surface area contributed by atoms with Gasteiger partial charge in [0.15, 0.2) is 11.5 Å². The van der Waals surface area contributed by atoms with E-state index < -0.39 is 5.91 Å². The molecule has 2 aromatic carbocycles. The Labute approximate surface area is 159 Å². The van der Waals surface area contributed by atoms with Gasteiger partial charge in [0.05, 0.1) is 6.61 Å². The first kappa shape index (κ1) is 19.8. The minimum absolute atomic E-state index is 0.0113. The Morgan fingerprint density at radius 1 is 1.19 bits per heavy atom. The van der Waals surface area contributed by atoms with Gasteiger partial charge in [0.25, 0.3) is 5.91 Å². The first-order valence-corrected chi connectivity index (χ1v) is 8.62. The van der Waals surface area contributed by atoms with Gasteiger partial charge >= 0.3 is 0 Å². The number of nitriles is 1. The number of rotatable bonds is 9. The number of benzene rings is 2. The van der Waals surface area contributed by atoms with Crippen molar-refractivity contribution in [2.24, 2.45) is 0 Å². The van der Waals surface area contributed by atoms with Crippen molar-refractivity contribution in [3.8, 4) is 17.6 Å². The number of hydrogen-bond acceptors (Lipinski definition) is 4. The third-order valence-electron chi connectivity index (χ3n) is 3.59. The van der Waals surface area contributed by atoms with E-state index in [4.69, 9.17) is 9.47 Å². The number of ether oxygens (including phenoxy) is 2. The molecule has 0 aromatic heterocycles. The summed E-state index contributed by atoms with van der Waals surface area (Å²) in [5.74, 6) is 0.721.